The number of fused-ring (bicyclic) bond motifs is 2. The summed E-state index contributed by atoms with van der Waals surface area (Å²) in [6.07, 6.45) is 0. The van der Waals surface area contributed by atoms with E-state index in [0.717, 1.165) is 21.7 Å². The lowest BCUT2D eigenvalue weighted by Crippen LogP contribution is -2.20. The van der Waals surface area contributed by atoms with Gasteiger partial charge >= 0.3 is 0 Å². The van der Waals surface area contributed by atoms with Crippen LogP contribution in [-0.4, -0.2) is 24.0 Å². The molecular formula is C29H28N4O4S. The van der Waals surface area contributed by atoms with Crippen molar-refractivity contribution >= 4 is 37.5 Å². The fraction of sp³-hybridized carbons (Fsp3) is 0.103. The van der Waals surface area contributed by atoms with Gasteiger partial charge in [-0.1, -0.05) is 67.5 Å². The van der Waals surface area contributed by atoms with Gasteiger partial charge < -0.3 is 15.5 Å². The van der Waals surface area contributed by atoms with E-state index in [1.807, 2.05) is 56.3 Å². The number of primary sulfonamides is 1. The van der Waals surface area contributed by atoms with Gasteiger partial charge in [0.15, 0.2) is 5.84 Å². The molecule has 0 saturated heterocycles. The molecule has 5 rings (SSSR count). The zero-order valence-corrected chi connectivity index (χ0v) is 21.8. The first kappa shape index (κ1) is 26.6. The third-order valence-corrected chi connectivity index (χ3v) is 7.11. The van der Waals surface area contributed by atoms with Gasteiger partial charge in [-0.3, -0.25) is 4.79 Å². The zero-order chi connectivity index (χ0) is 27.4. The molecule has 0 spiro atoms. The maximum Gasteiger partial charge on any atom is 0.251 e. The Morgan fingerprint density at radius 1 is 0.868 bits per heavy atom. The Balaban J connectivity index is 0.00000164. The topological polar surface area (TPSA) is 141 Å². The van der Waals surface area contributed by atoms with Gasteiger partial charge in [0.05, 0.1) is 17.0 Å². The Hall–Kier alpha value is -4.47. The van der Waals surface area contributed by atoms with E-state index in [9.17, 15) is 13.2 Å². The fourth-order valence-corrected chi connectivity index (χ4v) is 5.14. The SMILES string of the molecule is CC.N/C(=N\O)c1ccc2ccc(Cn3c(=O)ccc4cc(-c5ccccc5S(N)(=O)=O)ccc43)cc2c1. The third kappa shape index (κ3) is 5.29. The van der Waals surface area contributed by atoms with Crippen LogP contribution in [0.3, 0.4) is 0 Å². The van der Waals surface area contributed by atoms with E-state index in [1.54, 1.807) is 41.0 Å². The number of hydrogen-bond donors (Lipinski definition) is 3. The van der Waals surface area contributed by atoms with Crippen molar-refractivity contribution in [3.05, 3.63) is 112 Å². The number of sulfonamides is 1. The highest BCUT2D eigenvalue weighted by Crippen LogP contribution is 2.29. The van der Waals surface area contributed by atoms with Crippen molar-refractivity contribution in [3.63, 3.8) is 0 Å². The zero-order valence-electron chi connectivity index (χ0n) is 21.0. The number of hydrogen-bond acceptors (Lipinski definition) is 5. The number of rotatable bonds is 5. The molecule has 0 saturated carbocycles. The summed E-state index contributed by atoms with van der Waals surface area (Å²) in [6, 6.07) is 26.6. The van der Waals surface area contributed by atoms with Crippen molar-refractivity contribution in [1.82, 2.24) is 4.57 Å². The van der Waals surface area contributed by atoms with Gasteiger partial charge in [-0.15, -0.1) is 0 Å². The monoisotopic (exact) mass is 528 g/mol. The fourth-order valence-electron chi connectivity index (χ4n) is 4.38. The average Bonchev–Trinajstić information content (AvgIpc) is 2.94. The van der Waals surface area contributed by atoms with Gasteiger partial charge in [0.1, 0.15) is 0 Å². The molecule has 4 aromatic carbocycles. The number of benzene rings is 4. The predicted octanol–water partition coefficient (Wildman–Crippen LogP) is 4.64. The Morgan fingerprint density at radius 3 is 2.32 bits per heavy atom. The standard InChI is InChI=1S/C27H22N4O4S.C2H6/c28-27(30-33)21-8-7-18-6-5-17(13-22(18)15-21)16-31-24-11-9-19(14-20(24)10-12-26(31)32)23-3-1-2-4-25(23)36(29,34)35;1-2/h1-15,33H,16H2,(H2,28,30)(H2,29,34,35);1-2H3. The largest absolute Gasteiger partial charge is 0.409 e. The van der Waals surface area contributed by atoms with Crippen LogP contribution in [-0.2, 0) is 16.6 Å². The molecule has 0 aliphatic rings. The highest BCUT2D eigenvalue weighted by molar-refractivity contribution is 7.89. The van der Waals surface area contributed by atoms with Crippen LogP contribution in [0.15, 0.2) is 106 Å². The van der Waals surface area contributed by atoms with E-state index in [4.69, 9.17) is 16.1 Å². The molecule has 0 atom stereocenters. The molecule has 8 nitrogen and oxygen atoms in total. The van der Waals surface area contributed by atoms with Gasteiger partial charge in [0.2, 0.25) is 10.0 Å². The van der Waals surface area contributed by atoms with Crippen molar-refractivity contribution in [1.29, 1.82) is 0 Å². The van der Waals surface area contributed by atoms with E-state index >= 15 is 0 Å². The summed E-state index contributed by atoms with van der Waals surface area (Å²) in [7, 11) is -3.90. The van der Waals surface area contributed by atoms with E-state index in [1.165, 1.54) is 12.1 Å². The van der Waals surface area contributed by atoms with Crippen LogP contribution < -0.4 is 16.4 Å². The van der Waals surface area contributed by atoms with Crippen LogP contribution >= 0.6 is 0 Å². The minimum Gasteiger partial charge on any atom is -0.409 e. The van der Waals surface area contributed by atoms with Gasteiger partial charge in [-0.05, 0) is 63.7 Å². The minimum atomic E-state index is -3.90. The molecule has 1 heterocycles. The smallest absolute Gasteiger partial charge is 0.251 e. The lowest BCUT2D eigenvalue weighted by atomic mass is 10.0. The molecule has 194 valence electrons. The van der Waals surface area contributed by atoms with Crippen LogP contribution in [0.25, 0.3) is 32.8 Å². The minimum absolute atomic E-state index is 0.0207. The summed E-state index contributed by atoms with van der Waals surface area (Å²) >= 11 is 0. The lowest BCUT2D eigenvalue weighted by Gasteiger charge is -2.13. The number of nitrogens with two attached hydrogens (primary N) is 2. The predicted molar refractivity (Wildman–Crippen MR) is 152 cm³/mol. The Morgan fingerprint density at radius 2 is 1.58 bits per heavy atom. The number of pyridine rings is 1. The van der Waals surface area contributed by atoms with Crippen molar-refractivity contribution in [3.8, 4) is 11.1 Å². The molecule has 1 aromatic heterocycles. The quantitative estimate of drug-likeness (QED) is 0.132. The van der Waals surface area contributed by atoms with Crippen LogP contribution in [0.4, 0.5) is 0 Å². The summed E-state index contributed by atoms with van der Waals surface area (Å²) in [5, 5.41) is 20.1. The maximum atomic E-state index is 12.8. The highest BCUT2D eigenvalue weighted by atomic mass is 32.2. The van der Waals surface area contributed by atoms with Crippen LogP contribution in [0.2, 0.25) is 0 Å². The number of aromatic nitrogens is 1. The molecule has 0 aliphatic heterocycles. The summed E-state index contributed by atoms with van der Waals surface area (Å²) in [5.41, 5.74) is 8.95. The second kappa shape index (κ2) is 10.9. The number of oxime groups is 1. The lowest BCUT2D eigenvalue weighted by molar-refractivity contribution is 0.318. The van der Waals surface area contributed by atoms with E-state index in [-0.39, 0.29) is 16.3 Å². The molecule has 38 heavy (non-hydrogen) atoms. The van der Waals surface area contributed by atoms with Crippen LogP contribution in [0.5, 0.6) is 0 Å². The molecule has 0 aliphatic carbocycles. The van der Waals surface area contributed by atoms with Crippen molar-refractivity contribution in [2.45, 2.75) is 25.3 Å². The molecule has 0 amide bonds. The second-order valence-corrected chi connectivity index (χ2v) is 9.98. The highest BCUT2D eigenvalue weighted by Gasteiger charge is 2.15. The molecule has 9 heteroatoms. The van der Waals surface area contributed by atoms with Crippen LogP contribution in [0, 0.1) is 0 Å². The third-order valence-electron chi connectivity index (χ3n) is 6.14. The number of nitrogens with zero attached hydrogens (tertiary/aromatic N) is 2. The molecule has 5 aromatic rings. The molecule has 0 unspecified atom stereocenters. The van der Waals surface area contributed by atoms with Gasteiger partial charge in [0.25, 0.3) is 5.56 Å². The average molecular weight is 529 g/mol. The van der Waals surface area contributed by atoms with Crippen molar-refractivity contribution < 1.29 is 13.6 Å². The van der Waals surface area contributed by atoms with Crippen molar-refractivity contribution in [2.24, 2.45) is 16.0 Å². The first-order chi connectivity index (χ1) is 18.2. The molecule has 0 bridgehead atoms. The van der Waals surface area contributed by atoms with E-state index in [0.29, 0.717) is 28.8 Å². The first-order valence-corrected chi connectivity index (χ1v) is 13.6. The summed E-state index contributed by atoms with van der Waals surface area (Å²) in [6.45, 7) is 4.33. The van der Waals surface area contributed by atoms with Crippen LogP contribution in [0.1, 0.15) is 25.0 Å². The first-order valence-electron chi connectivity index (χ1n) is 12.0. The van der Waals surface area contributed by atoms with E-state index < -0.39 is 10.0 Å². The maximum absolute atomic E-state index is 12.8. The van der Waals surface area contributed by atoms with Crippen molar-refractivity contribution in [2.75, 3.05) is 0 Å². The normalized spacial score (nSPS) is 11.8. The molecular weight excluding hydrogens is 500 g/mol. The van der Waals surface area contributed by atoms with Gasteiger partial charge in [0, 0.05) is 17.2 Å². The van der Waals surface area contributed by atoms with Gasteiger partial charge in [-0.2, -0.15) is 0 Å². The molecule has 0 radical (unpaired) electrons. The number of amidine groups is 1. The summed E-state index contributed by atoms with van der Waals surface area (Å²) in [5.74, 6) is 0.0207. The van der Waals surface area contributed by atoms with E-state index in [2.05, 4.69) is 5.16 Å². The summed E-state index contributed by atoms with van der Waals surface area (Å²) < 4.78 is 25.8. The Labute approximate surface area is 220 Å². The Kier molecular flexibility index (Phi) is 7.61. The Bertz CT molecular complexity index is 1840. The molecule has 0 fully saturated rings. The molecule has 5 N–H and O–H groups in total. The summed E-state index contributed by atoms with van der Waals surface area (Å²) in [4.78, 5) is 12.9. The second-order valence-electron chi connectivity index (χ2n) is 8.45. The van der Waals surface area contributed by atoms with Gasteiger partial charge in [-0.25, -0.2) is 13.6 Å².